The van der Waals surface area contributed by atoms with Crippen molar-refractivity contribution in [2.75, 3.05) is 25.1 Å². The molecular weight excluding hydrogens is 342 g/mol. The summed E-state index contributed by atoms with van der Waals surface area (Å²) in [6, 6.07) is 11.9. The lowest BCUT2D eigenvalue weighted by Crippen LogP contribution is -2.45. The zero-order valence-electron chi connectivity index (χ0n) is 13.3. The van der Waals surface area contributed by atoms with E-state index in [1.54, 1.807) is 12.4 Å². The molecule has 0 radical (unpaired) electrons. The van der Waals surface area contributed by atoms with Gasteiger partial charge in [0, 0.05) is 36.4 Å². The van der Waals surface area contributed by atoms with Crippen molar-refractivity contribution in [1.82, 2.24) is 10.3 Å². The van der Waals surface area contributed by atoms with Gasteiger partial charge in [-0.15, -0.1) is 0 Å². The molecule has 0 atom stereocenters. The second kappa shape index (κ2) is 7.92. The fourth-order valence-electron chi connectivity index (χ4n) is 2.99. The van der Waals surface area contributed by atoms with E-state index in [1.165, 1.54) is 5.56 Å². The Bertz CT molecular complexity index is 672. The van der Waals surface area contributed by atoms with Crippen molar-refractivity contribution >= 4 is 34.6 Å². The number of benzene rings is 1. The predicted molar refractivity (Wildman–Crippen MR) is 102 cm³/mol. The van der Waals surface area contributed by atoms with Gasteiger partial charge in [0.05, 0.1) is 11.9 Å². The Kier molecular flexibility index (Phi) is 5.66. The number of aromatic nitrogens is 1. The topological polar surface area (TPSA) is 46.2 Å². The molecule has 2 heterocycles. The normalized spacial score (nSPS) is 16.4. The van der Waals surface area contributed by atoms with E-state index < -0.39 is 0 Å². The number of ether oxygens (including phenoxy) is 1. The lowest BCUT2D eigenvalue weighted by molar-refractivity contribution is 0.0515. The van der Waals surface area contributed by atoms with Gasteiger partial charge in [0.2, 0.25) is 0 Å². The van der Waals surface area contributed by atoms with E-state index in [4.69, 9.17) is 28.6 Å². The van der Waals surface area contributed by atoms with Crippen LogP contribution in [0, 0.1) is 0 Å². The van der Waals surface area contributed by atoms with Crippen LogP contribution in [0.5, 0.6) is 0 Å². The molecule has 0 saturated carbocycles. The predicted octanol–water partition coefficient (Wildman–Crippen LogP) is 3.77. The zero-order chi connectivity index (χ0) is 16.8. The second-order valence-corrected chi connectivity index (χ2v) is 6.79. The van der Waals surface area contributed by atoms with Crippen molar-refractivity contribution in [2.45, 2.75) is 18.3 Å². The van der Waals surface area contributed by atoms with Crippen LogP contribution in [0.2, 0.25) is 5.02 Å². The molecule has 6 heteroatoms. The van der Waals surface area contributed by atoms with Crippen LogP contribution < -0.4 is 10.6 Å². The molecule has 1 aliphatic rings. The fourth-order valence-corrected chi connectivity index (χ4v) is 3.31. The lowest BCUT2D eigenvalue weighted by atomic mass is 9.74. The largest absolute Gasteiger partial charge is 0.381 e. The standard InChI is InChI=1S/C18H20ClN3OS/c19-15-5-3-14(4-6-15)18(7-10-23-11-8-18)13-21-17(24)22-16-2-1-9-20-12-16/h1-6,9,12H,7-8,10-11,13H2,(H2,21,22,24). The highest BCUT2D eigenvalue weighted by Crippen LogP contribution is 2.34. The molecule has 0 spiro atoms. The summed E-state index contributed by atoms with van der Waals surface area (Å²) in [6.45, 7) is 2.27. The van der Waals surface area contributed by atoms with Crippen molar-refractivity contribution in [3.05, 3.63) is 59.4 Å². The van der Waals surface area contributed by atoms with Crippen molar-refractivity contribution in [2.24, 2.45) is 0 Å². The van der Waals surface area contributed by atoms with Gasteiger partial charge in [-0.05, 0) is 54.9 Å². The molecule has 0 amide bonds. The molecule has 2 aromatic rings. The van der Waals surface area contributed by atoms with Gasteiger partial charge in [-0.25, -0.2) is 0 Å². The minimum atomic E-state index is 0.00349. The van der Waals surface area contributed by atoms with Gasteiger partial charge in [-0.3, -0.25) is 4.98 Å². The summed E-state index contributed by atoms with van der Waals surface area (Å²) < 4.78 is 5.56. The number of rotatable bonds is 4. The molecule has 2 N–H and O–H groups in total. The van der Waals surface area contributed by atoms with Crippen LogP contribution in [-0.4, -0.2) is 29.9 Å². The van der Waals surface area contributed by atoms with E-state index in [0.717, 1.165) is 43.3 Å². The number of pyridine rings is 1. The van der Waals surface area contributed by atoms with Crippen LogP contribution in [0.1, 0.15) is 18.4 Å². The summed E-state index contributed by atoms with van der Waals surface area (Å²) in [6.07, 6.45) is 5.39. The molecule has 1 aromatic carbocycles. The first-order valence-corrected chi connectivity index (χ1v) is 8.75. The van der Waals surface area contributed by atoms with Gasteiger partial charge in [-0.1, -0.05) is 23.7 Å². The molecule has 0 unspecified atom stereocenters. The Morgan fingerprint density at radius 2 is 1.96 bits per heavy atom. The van der Waals surface area contributed by atoms with Crippen LogP contribution in [-0.2, 0) is 10.2 Å². The third-order valence-corrected chi connectivity index (χ3v) is 4.91. The molecule has 1 fully saturated rings. The molecule has 1 aromatic heterocycles. The highest BCUT2D eigenvalue weighted by molar-refractivity contribution is 7.80. The first-order chi connectivity index (χ1) is 11.7. The average Bonchev–Trinajstić information content (AvgIpc) is 2.62. The third-order valence-electron chi connectivity index (χ3n) is 4.41. The van der Waals surface area contributed by atoms with Crippen molar-refractivity contribution in [1.29, 1.82) is 0 Å². The Morgan fingerprint density at radius 1 is 1.21 bits per heavy atom. The van der Waals surface area contributed by atoms with Gasteiger partial charge in [-0.2, -0.15) is 0 Å². The minimum absolute atomic E-state index is 0.00349. The van der Waals surface area contributed by atoms with Crippen LogP contribution in [0.4, 0.5) is 5.69 Å². The summed E-state index contributed by atoms with van der Waals surface area (Å²) in [7, 11) is 0. The first-order valence-electron chi connectivity index (χ1n) is 7.97. The fraction of sp³-hybridized carbons (Fsp3) is 0.333. The van der Waals surface area contributed by atoms with E-state index in [9.17, 15) is 0 Å². The molecule has 1 aliphatic heterocycles. The lowest BCUT2D eigenvalue weighted by Gasteiger charge is -2.38. The van der Waals surface area contributed by atoms with E-state index in [2.05, 4.69) is 27.8 Å². The molecular formula is C18H20ClN3OS. The average molecular weight is 362 g/mol. The molecule has 0 bridgehead atoms. The van der Waals surface area contributed by atoms with Crippen LogP contribution >= 0.6 is 23.8 Å². The molecule has 126 valence electrons. The summed E-state index contributed by atoms with van der Waals surface area (Å²) >= 11 is 11.5. The quantitative estimate of drug-likeness (QED) is 0.812. The van der Waals surface area contributed by atoms with E-state index in [1.807, 2.05) is 24.3 Å². The van der Waals surface area contributed by atoms with E-state index in [-0.39, 0.29) is 5.41 Å². The molecule has 3 rings (SSSR count). The van der Waals surface area contributed by atoms with Crippen LogP contribution in [0.3, 0.4) is 0 Å². The molecule has 4 nitrogen and oxygen atoms in total. The summed E-state index contributed by atoms with van der Waals surface area (Å²) in [5.74, 6) is 0. The number of hydrogen-bond donors (Lipinski definition) is 2. The highest BCUT2D eigenvalue weighted by atomic mass is 35.5. The minimum Gasteiger partial charge on any atom is -0.381 e. The first kappa shape index (κ1) is 17.1. The zero-order valence-corrected chi connectivity index (χ0v) is 14.9. The van der Waals surface area contributed by atoms with Gasteiger partial charge in [0.15, 0.2) is 5.11 Å². The van der Waals surface area contributed by atoms with Crippen molar-refractivity contribution < 1.29 is 4.74 Å². The Labute approximate surface area is 152 Å². The number of thiocarbonyl (C=S) groups is 1. The van der Waals surface area contributed by atoms with E-state index in [0.29, 0.717) is 5.11 Å². The van der Waals surface area contributed by atoms with Gasteiger partial charge in [0.25, 0.3) is 0 Å². The summed E-state index contributed by atoms with van der Waals surface area (Å²) in [4.78, 5) is 4.08. The Morgan fingerprint density at radius 3 is 2.62 bits per heavy atom. The Hall–Kier alpha value is -1.69. The molecule has 0 aliphatic carbocycles. The van der Waals surface area contributed by atoms with Crippen LogP contribution in [0.15, 0.2) is 48.8 Å². The number of halogens is 1. The monoisotopic (exact) mass is 361 g/mol. The highest BCUT2D eigenvalue weighted by Gasteiger charge is 2.34. The smallest absolute Gasteiger partial charge is 0.170 e. The number of nitrogens with zero attached hydrogens (tertiary/aromatic N) is 1. The summed E-state index contributed by atoms with van der Waals surface area (Å²) in [5, 5.41) is 7.88. The van der Waals surface area contributed by atoms with Gasteiger partial charge in [0.1, 0.15) is 0 Å². The Balaban J connectivity index is 1.68. The second-order valence-electron chi connectivity index (χ2n) is 5.95. The van der Waals surface area contributed by atoms with Crippen molar-refractivity contribution in [3.8, 4) is 0 Å². The van der Waals surface area contributed by atoms with Crippen molar-refractivity contribution in [3.63, 3.8) is 0 Å². The number of hydrogen-bond acceptors (Lipinski definition) is 3. The maximum absolute atomic E-state index is 6.04. The van der Waals surface area contributed by atoms with Gasteiger partial charge < -0.3 is 15.4 Å². The molecule has 1 saturated heterocycles. The van der Waals surface area contributed by atoms with Gasteiger partial charge >= 0.3 is 0 Å². The van der Waals surface area contributed by atoms with Crippen LogP contribution in [0.25, 0.3) is 0 Å². The maximum atomic E-state index is 6.04. The third kappa shape index (κ3) is 4.23. The SMILES string of the molecule is S=C(NCC1(c2ccc(Cl)cc2)CCOCC1)Nc1cccnc1. The maximum Gasteiger partial charge on any atom is 0.170 e. The number of nitrogens with one attached hydrogen (secondary N) is 2. The molecule has 24 heavy (non-hydrogen) atoms. The van der Waals surface area contributed by atoms with E-state index >= 15 is 0 Å². The number of anilines is 1. The summed E-state index contributed by atoms with van der Waals surface area (Å²) in [5.41, 5.74) is 2.15.